The third-order valence-corrected chi connectivity index (χ3v) is 3.16. The summed E-state index contributed by atoms with van der Waals surface area (Å²) in [6, 6.07) is 5.03. The summed E-state index contributed by atoms with van der Waals surface area (Å²) in [4.78, 5) is 11.7. The van der Waals surface area contributed by atoms with E-state index in [2.05, 4.69) is 6.92 Å². The van der Waals surface area contributed by atoms with Gasteiger partial charge in [-0.05, 0) is 30.4 Å². The smallest absolute Gasteiger partial charge is 0.337 e. The molecule has 1 rings (SSSR count). The van der Waals surface area contributed by atoms with E-state index in [1.807, 2.05) is 0 Å². The molecular formula is C10H11ClO2S. The van der Waals surface area contributed by atoms with Crippen molar-refractivity contribution in [3.05, 3.63) is 28.8 Å². The summed E-state index contributed by atoms with van der Waals surface area (Å²) in [7, 11) is 0. The number of thioether (sulfide) groups is 1. The van der Waals surface area contributed by atoms with Crippen molar-refractivity contribution < 1.29 is 9.90 Å². The second kappa shape index (κ2) is 5.27. The van der Waals surface area contributed by atoms with Crippen LogP contribution in [0.25, 0.3) is 0 Å². The van der Waals surface area contributed by atoms with Gasteiger partial charge in [0, 0.05) is 4.90 Å². The molecule has 1 N–H and O–H groups in total. The molecule has 0 radical (unpaired) electrons. The molecule has 0 atom stereocenters. The minimum Gasteiger partial charge on any atom is -0.478 e. The molecule has 0 fully saturated rings. The van der Waals surface area contributed by atoms with Crippen molar-refractivity contribution in [1.29, 1.82) is 0 Å². The van der Waals surface area contributed by atoms with Gasteiger partial charge in [0.05, 0.1) is 10.6 Å². The van der Waals surface area contributed by atoms with Crippen molar-refractivity contribution in [2.45, 2.75) is 18.2 Å². The minimum absolute atomic E-state index is 0.160. The van der Waals surface area contributed by atoms with Gasteiger partial charge in [-0.1, -0.05) is 18.5 Å². The molecule has 0 aliphatic carbocycles. The largest absolute Gasteiger partial charge is 0.478 e. The minimum atomic E-state index is -0.984. The molecule has 0 aliphatic rings. The van der Waals surface area contributed by atoms with Crippen LogP contribution >= 0.6 is 23.4 Å². The van der Waals surface area contributed by atoms with E-state index < -0.39 is 5.97 Å². The predicted molar refractivity (Wildman–Crippen MR) is 59.4 cm³/mol. The Balaban J connectivity index is 2.83. The molecule has 0 heterocycles. The van der Waals surface area contributed by atoms with Crippen LogP contribution in [0, 0.1) is 0 Å². The lowest BCUT2D eigenvalue weighted by atomic mass is 10.2. The Bertz CT molecular complexity index is 339. The van der Waals surface area contributed by atoms with Gasteiger partial charge in [0.1, 0.15) is 0 Å². The third kappa shape index (κ3) is 2.93. The fraction of sp³-hybridized carbons (Fsp3) is 0.300. The van der Waals surface area contributed by atoms with Gasteiger partial charge in [-0.3, -0.25) is 0 Å². The average molecular weight is 231 g/mol. The van der Waals surface area contributed by atoms with Crippen LogP contribution < -0.4 is 0 Å². The lowest BCUT2D eigenvalue weighted by Gasteiger charge is -2.02. The van der Waals surface area contributed by atoms with E-state index in [1.165, 1.54) is 0 Å². The Kier molecular flexibility index (Phi) is 4.29. The Hall–Kier alpha value is -0.670. The van der Waals surface area contributed by atoms with Crippen molar-refractivity contribution in [1.82, 2.24) is 0 Å². The lowest BCUT2D eigenvalue weighted by Crippen LogP contribution is -1.96. The van der Waals surface area contributed by atoms with Crippen molar-refractivity contribution in [3.63, 3.8) is 0 Å². The predicted octanol–water partition coefficient (Wildman–Crippen LogP) is 3.54. The fourth-order valence-corrected chi connectivity index (χ4v) is 2.11. The standard InChI is InChI=1S/C10H11ClO2S/c1-2-5-14-7-3-4-8(10(12)13)9(11)6-7/h3-4,6H,2,5H2,1H3,(H,12,13). The molecule has 0 aromatic heterocycles. The van der Waals surface area contributed by atoms with Crippen LogP contribution in [0.4, 0.5) is 0 Å². The molecule has 0 bridgehead atoms. The topological polar surface area (TPSA) is 37.3 Å². The number of carboxylic acid groups (broad SMARTS) is 1. The number of carboxylic acids is 1. The van der Waals surface area contributed by atoms with Gasteiger partial charge in [-0.15, -0.1) is 11.8 Å². The maximum absolute atomic E-state index is 10.7. The number of rotatable bonds is 4. The van der Waals surface area contributed by atoms with Crippen molar-refractivity contribution in [2.75, 3.05) is 5.75 Å². The summed E-state index contributed by atoms with van der Waals surface area (Å²) in [5, 5.41) is 9.05. The number of halogens is 1. The number of hydrogen-bond donors (Lipinski definition) is 1. The molecule has 76 valence electrons. The maximum Gasteiger partial charge on any atom is 0.337 e. The molecule has 0 saturated carbocycles. The molecular weight excluding hydrogens is 220 g/mol. The molecule has 14 heavy (non-hydrogen) atoms. The van der Waals surface area contributed by atoms with Crippen LogP contribution in [0.1, 0.15) is 23.7 Å². The van der Waals surface area contributed by atoms with Crippen molar-refractivity contribution >= 4 is 29.3 Å². The summed E-state index contributed by atoms with van der Waals surface area (Å²) >= 11 is 7.49. The van der Waals surface area contributed by atoms with E-state index in [-0.39, 0.29) is 5.56 Å². The molecule has 0 amide bonds. The molecule has 4 heteroatoms. The Morgan fingerprint density at radius 3 is 2.79 bits per heavy atom. The van der Waals surface area contributed by atoms with Gasteiger partial charge in [0.15, 0.2) is 0 Å². The summed E-state index contributed by atoms with van der Waals surface area (Å²) in [5.74, 6) is 0.0324. The second-order valence-electron chi connectivity index (χ2n) is 2.80. The highest BCUT2D eigenvalue weighted by atomic mass is 35.5. The second-order valence-corrected chi connectivity index (χ2v) is 4.37. The zero-order valence-corrected chi connectivity index (χ0v) is 9.36. The highest BCUT2D eigenvalue weighted by molar-refractivity contribution is 7.99. The molecule has 0 unspecified atom stereocenters. The van der Waals surface area contributed by atoms with E-state index in [0.717, 1.165) is 17.1 Å². The van der Waals surface area contributed by atoms with Crippen LogP contribution in [-0.2, 0) is 0 Å². The first-order valence-corrected chi connectivity index (χ1v) is 5.67. The normalized spacial score (nSPS) is 10.1. The van der Waals surface area contributed by atoms with Gasteiger partial charge in [0.25, 0.3) is 0 Å². The quantitative estimate of drug-likeness (QED) is 0.804. The van der Waals surface area contributed by atoms with Crippen LogP contribution in [0.15, 0.2) is 23.1 Å². The van der Waals surface area contributed by atoms with Crippen molar-refractivity contribution in [2.24, 2.45) is 0 Å². The molecule has 0 saturated heterocycles. The van der Waals surface area contributed by atoms with Crippen LogP contribution in [0.3, 0.4) is 0 Å². The Morgan fingerprint density at radius 1 is 1.57 bits per heavy atom. The van der Waals surface area contributed by atoms with Crippen LogP contribution in [0.2, 0.25) is 5.02 Å². The van der Waals surface area contributed by atoms with Gasteiger partial charge in [-0.2, -0.15) is 0 Å². The first-order valence-electron chi connectivity index (χ1n) is 4.30. The first-order chi connectivity index (χ1) is 6.65. The summed E-state index contributed by atoms with van der Waals surface area (Å²) in [6.45, 7) is 2.10. The monoisotopic (exact) mass is 230 g/mol. The summed E-state index contributed by atoms with van der Waals surface area (Å²) in [6.07, 6.45) is 1.09. The maximum atomic E-state index is 10.7. The third-order valence-electron chi connectivity index (χ3n) is 1.64. The number of aromatic carboxylic acids is 1. The van der Waals surface area contributed by atoms with Gasteiger partial charge in [0.2, 0.25) is 0 Å². The molecule has 1 aromatic carbocycles. The Labute approximate surface area is 92.3 Å². The van der Waals surface area contributed by atoms with Crippen molar-refractivity contribution in [3.8, 4) is 0 Å². The lowest BCUT2D eigenvalue weighted by molar-refractivity contribution is 0.0697. The Morgan fingerprint density at radius 2 is 2.29 bits per heavy atom. The first kappa shape index (κ1) is 11.4. The average Bonchev–Trinajstić information content (AvgIpc) is 2.14. The van der Waals surface area contributed by atoms with Gasteiger partial charge in [-0.25, -0.2) is 4.79 Å². The molecule has 0 spiro atoms. The SMILES string of the molecule is CCCSc1ccc(C(=O)O)c(Cl)c1. The zero-order valence-electron chi connectivity index (χ0n) is 7.79. The van der Waals surface area contributed by atoms with Gasteiger partial charge < -0.3 is 5.11 Å². The van der Waals surface area contributed by atoms with E-state index >= 15 is 0 Å². The highest BCUT2D eigenvalue weighted by Crippen LogP contribution is 2.25. The summed E-state index contributed by atoms with van der Waals surface area (Å²) in [5.41, 5.74) is 0.160. The van der Waals surface area contributed by atoms with E-state index in [9.17, 15) is 4.79 Å². The molecule has 0 aliphatic heterocycles. The van der Waals surface area contributed by atoms with E-state index in [0.29, 0.717) is 5.02 Å². The van der Waals surface area contributed by atoms with Gasteiger partial charge >= 0.3 is 5.97 Å². The fourth-order valence-electron chi connectivity index (χ4n) is 0.979. The van der Waals surface area contributed by atoms with Crippen LogP contribution in [-0.4, -0.2) is 16.8 Å². The zero-order chi connectivity index (χ0) is 10.6. The van der Waals surface area contributed by atoms with E-state index in [4.69, 9.17) is 16.7 Å². The number of benzene rings is 1. The molecule has 2 nitrogen and oxygen atoms in total. The molecule has 1 aromatic rings. The number of carbonyl (C=O) groups is 1. The highest BCUT2D eigenvalue weighted by Gasteiger charge is 2.08. The van der Waals surface area contributed by atoms with Crippen LogP contribution in [0.5, 0.6) is 0 Å². The van der Waals surface area contributed by atoms with E-state index in [1.54, 1.807) is 30.0 Å². The summed E-state index contributed by atoms with van der Waals surface area (Å²) < 4.78 is 0. The number of hydrogen-bond acceptors (Lipinski definition) is 2.